The second-order valence-electron chi connectivity index (χ2n) is 8.42. The van der Waals surface area contributed by atoms with Crippen LogP contribution in [0.2, 0.25) is 5.02 Å². The predicted molar refractivity (Wildman–Crippen MR) is 124 cm³/mol. The number of H-pyrrole nitrogens is 1. The fourth-order valence-electron chi connectivity index (χ4n) is 4.12. The maximum atomic E-state index is 12.9. The summed E-state index contributed by atoms with van der Waals surface area (Å²) in [5, 5.41) is 12.7. The van der Waals surface area contributed by atoms with Gasteiger partial charge in [-0.1, -0.05) is 30.9 Å². The highest BCUT2D eigenvalue weighted by Gasteiger charge is 2.21. The van der Waals surface area contributed by atoms with Gasteiger partial charge in [0.15, 0.2) is 0 Å². The number of carbonyl (C=O) groups excluding carboxylic acids is 2. The van der Waals surface area contributed by atoms with Gasteiger partial charge in [-0.3, -0.25) is 9.89 Å². The molecule has 1 aliphatic carbocycles. The van der Waals surface area contributed by atoms with Gasteiger partial charge in [-0.25, -0.2) is 4.79 Å². The first-order chi connectivity index (χ1) is 15.5. The Morgan fingerprint density at radius 1 is 1.12 bits per heavy atom. The third-order valence-electron chi connectivity index (χ3n) is 5.98. The topological polar surface area (TPSA) is 103 Å². The quantitative estimate of drug-likeness (QED) is 0.631. The number of likely N-dealkylation sites (N-methyl/N-ethyl adjacent to an activating group) is 1. The van der Waals surface area contributed by atoms with Gasteiger partial charge >= 0.3 is 6.09 Å². The van der Waals surface area contributed by atoms with E-state index in [1.165, 1.54) is 12.6 Å². The molecule has 1 saturated heterocycles. The highest BCUT2D eigenvalue weighted by Crippen LogP contribution is 2.26. The molecule has 0 radical (unpaired) electrons. The molecule has 172 valence electrons. The number of anilines is 2. The number of amides is 2. The van der Waals surface area contributed by atoms with E-state index in [-0.39, 0.29) is 23.5 Å². The molecule has 0 unspecified atom stereocenters. The Balaban J connectivity index is 1.40. The van der Waals surface area contributed by atoms with E-state index in [9.17, 15) is 9.59 Å². The first-order valence-electron chi connectivity index (χ1n) is 11.1. The number of rotatable bonds is 5. The van der Waals surface area contributed by atoms with Crippen LogP contribution in [0.1, 0.15) is 42.5 Å². The molecule has 0 bridgehead atoms. The fraction of sp³-hybridized carbons (Fsp3) is 0.500. The monoisotopic (exact) mass is 460 g/mol. The van der Waals surface area contributed by atoms with E-state index in [1.807, 2.05) is 12.1 Å². The summed E-state index contributed by atoms with van der Waals surface area (Å²) in [6, 6.07) is 5.43. The van der Waals surface area contributed by atoms with E-state index in [0.29, 0.717) is 10.6 Å². The number of nitrogens with zero attached hydrogens (tertiary/aromatic N) is 3. The maximum absolute atomic E-state index is 12.9. The van der Waals surface area contributed by atoms with Gasteiger partial charge in [-0.05, 0) is 38.1 Å². The molecule has 2 aromatic rings. The van der Waals surface area contributed by atoms with Gasteiger partial charge in [0.25, 0.3) is 11.8 Å². The summed E-state index contributed by atoms with van der Waals surface area (Å²) in [4.78, 5) is 29.6. The fourth-order valence-corrected chi connectivity index (χ4v) is 4.35. The van der Waals surface area contributed by atoms with Crippen LogP contribution in [0.4, 0.5) is 16.2 Å². The lowest BCUT2D eigenvalue weighted by Crippen LogP contribution is -2.44. The molecule has 1 aromatic carbocycles. The molecule has 4 rings (SSSR count). The minimum atomic E-state index is -0.570. The number of ether oxygens (including phenoxy) is 1. The van der Waals surface area contributed by atoms with E-state index in [0.717, 1.165) is 57.5 Å². The van der Waals surface area contributed by atoms with Gasteiger partial charge in [0.2, 0.25) is 0 Å². The van der Waals surface area contributed by atoms with Gasteiger partial charge in [0.05, 0.1) is 0 Å². The van der Waals surface area contributed by atoms with Crippen molar-refractivity contribution in [3.05, 3.63) is 35.0 Å². The Labute approximate surface area is 192 Å². The van der Waals surface area contributed by atoms with E-state index < -0.39 is 6.09 Å². The molecule has 2 fully saturated rings. The summed E-state index contributed by atoms with van der Waals surface area (Å²) < 4.78 is 5.33. The summed E-state index contributed by atoms with van der Waals surface area (Å²) >= 11 is 6.30. The molecular formula is C22H29ClN6O3. The number of aromatic amines is 1. The number of hydrogen-bond donors (Lipinski definition) is 3. The Morgan fingerprint density at radius 3 is 2.62 bits per heavy atom. The Bertz CT molecular complexity index is 951. The predicted octanol–water partition coefficient (Wildman–Crippen LogP) is 3.49. The van der Waals surface area contributed by atoms with Crippen LogP contribution in [-0.4, -0.2) is 66.4 Å². The van der Waals surface area contributed by atoms with Crippen molar-refractivity contribution in [1.29, 1.82) is 0 Å². The van der Waals surface area contributed by atoms with Crippen molar-refractivity contribution in [3.8, 4) is 5.88 Å². The molecule has 10 heteroatoms. The lowest BCUT2D eigenvalue weighted by Gasteiger charge is -2.34. The average Bonchev–Trinajstić information content (AvgIpc) is 3.20. The molecular weight excluding hydrogens is 432 g/mol. The van der Waals surface area contributed by atoms with Gasteiger partial charge in [0, 0.05) is 54.7 Å². The van der Waals surface area contributed by atoms with Crippen LogP contribution in [0.5, 0.6) is 5.88 Å². The summed E-state index contributed by atoms with van der Waals surface area (Å²) in [5.41, 5.74) is 1.62. The largest absolute Gasteiger partial charge is 0.414 e. The second-order valence-corrected chi connectivity index (χ2v) is 8.85. The summed E-state index contributed by atoms with van der Waals surface area (Å²) in [6.07, 6.45) is 6.21. The molecule has 0 spiro atoms. The number of halogens is 1. The van der Waals surface area contributed by atoms with Crippen LogP contribution in [0, 0.1) is 0 Å². The van der Waals surface area contributed by atoms with Gasteiger partial charge in [-0.15, -0.1) is 5.10 Å². The van der Waals surface area contributed by atoms with Crippen LogP contribution in [-0.2, 0) is 0 Å². The smallest absolute Gasteiger partial charge is 0.387 e. The van der Waals surface area contributed by atoms with E-state index in [1.54, 1.807) is 6.07 Å². The number of carbonyl (C=O) groups is 2. The van der Waals surface area contributed by atoms with Gasteiger partial charge < -0.3 is 25.2 Å². The Kier molecular flexibility index (Phi) is 7.16. The SMILES string of the molecule is CN1CCN(c2cc(Cl)cc(C(=O)Nc3c[nH]nc3OC(=O)NC3CCCCC3)c2)CC1. The number of hydrogen-bond acceptors (Lipinski definition) is 6. The van der Waals surface area contributed by atoms with Crippen LogP contribution in [0.15, 0.2) is 24.4 Å². The molecule has 3 N–H and O–H groups in total. The number of aromatic nitrogens is 2. The Hall–Kier alpha value is -2.78. The van der Waals surface area contributed by atoms with Crippen LogP contribution < -0.4 is 20.3 Å². The molecule has 2 amide bonds. The lowest BCUT2D eigenvalue weighted by molar-refractivity contribution is 0.102. The summed E-state index contributed by atoms with van der Waals surface area (Å²) in [7, 11) is 2.09. The van der Waals surface area contributed by atoms with Crippen LogP contribution in [0.25, 0.3) is 0 Å². The van der Waals surface area contributed by atoms with E-state index in [2.05, 4.69) is 37.7 Å². The number of piperazine rings is 1. The van der Waals surface area contributed by atoms with Crippen LogP contribution in [0.3, 0.4) is 0 Å². The van der Waals surface area contributed by atoms with Crippen LogP contribution >= 0.6 is 11.6 Å². The minimum absolute atomic E-state index is 0.0213. The first-order valence-corrected chi connectivity index (χ1v) is 11.4. The van der Waals surface area contributed by atoms with Gasteiger partial charge in [-0.2, -0.15) is 0 Å². The highest BCUT2D eigenvalue weighted by atomic mass is 35.5. The van der Waals surface area contributed by atoms with E-state index >= 15 is 0 Å². The van der Waals surface area contributed by atoms with Crippen molar-refractivity contribution in [2.24, 2.45) is 0 Å². The molecule has 1 saturated carbocycles. The van der Waals surface area contributed by atoms with Crippen molar-refractivity contribution in [2.45, 2.75) is 38.1 Å². The minimum Gasteiger partial charge on any atom is -0.387 e. The molecule has 1 aliphatic heterocycles. The summed E-state index contributed by atoms with van der Waals surface area (Å²) in [5.74, 6) is -0.338. The zero-order chi connectivity index (χ0) is 22.5. The van der Waals surface area contributed by atoms with Crippen molar-refractivity contribution >= 4 is 35.0 Å². The first kappa shape index (κ1) is 22.4. The molecule has 9 nitrogen and oxygen atoms in total. The maximum Gasteiger partial charge on any atom is 0.414 e. The Morgan fingerprint density at radius 2 is 1.88 bits per heavy atom. The lowest BCUT2D eigenvalue weighted by atomic mass is 9.96. The molecule has 0 atom stereocenters. The standard InChI is InChI=1S/C22H29ClN6O3/c1-28-7-9-29(10-8-28)18-12-15(11-16(23)13-18)20(30)26-19-14-24-27-21(19)32-22(31)25-17-5-3-2-4-6-17/h11-14,17H,2-10H2,1H3,(H,24,27)(H,25,31)(H,26,30). The molecule has 2 heterocycles. The highest BCUT2D eigenvalue weighted by molar-refractivity contribution is 6.31. The summed E-state index contributed by atoms with van der Waals surface area (Å²) in [6.45, 7) is 3.64. The van der Waals surface area contributed by atoms with Crippen molar-refractivity contribution in [2.75, 3.05) is 43.4 Å². The van der Waals surface area contributed by atoms with Gasteiger partial charge in [0.1, 0.15) is 5.69 Å². The van der Waals surface area contributed by atoms with E-state index in [4.69, 9.17) is 16.3 Å². The van der Waals surface area contributed by atoms with Crippen molar-refractivity contribution in [3.63, 3.8) is 0 Å². The molecule has 32 heavy (non-hydrogen) atoms. The van der Waals surface area contributed by atoms with Crippen molar-refractivity contribution in [1.82, 2.24) is 20.4 Å². The zero-order valence-electron chi connectivity index (χ0n) is 18.2. The second kappa shape index (κ2) is 10.2. The third-order valence-corrected chi connectivity index (χ3v) is 6.20. The normalized spacial score (nSPS) is 17.8. The van der Waals surface area contributed by atoms with Crippen molar-refractivity contribution < 1.29 is 14.3 Å². The zero-order valence-corrected chi connectivity index (χ0v) is 19.0. The average molecular weight is 461 g/mol. The number of benzene rings is 1. The molecule has 1 aromatic heterocycles. The molecule has 2 aliphatic rings. The number of nitrogens with one attached hydrogen (secondary N) is 3. The third kappa shape index (κ3) is 5.72.